The van der Waals surface area contributed by atoms with Gasteiger partial charge in [0.2, 0.25) is 6.61 Å². The van der Waals surface area contributed by atoms with Crippen LogP contribution in [-0.2, 0) is 10.8 Å². The standard InChI is InChI=1S/C10H12O/c1-2-11-9-8-10-6-4-3-5-7-10/h3-7H,2,8H2,1H3. The molecular formula is C10H12O. The first kappa shape index (κ1) is 7.99. The lowest BCUT2D eigenvalue weighted by atomic mass is 10.2. The third kappa shape index (κ3) is 2.99. The van der Waals surface area contributed by atoms with Crippen molar-refractivity contribution < 1.29 is 4.42 Å². The Kier molecular flexibility index (Phi) is 3.39. The number of benzene rings is 1. The molecule has 11 heavy (non-hydrogen) atoms. The van der Waals surface area contributed by atoms with E-state index in [1.165, 1.54) is 5.56 Å². The van der Waals surface area contributed by atoms with Gasteiger partial charge in [-0.3, -0.25) is 0 Å². The van der Waals surface area contributed by atoms with Gasteiger partial charge >= 0.3 is 0 Å². The summed E-state index contributed by atoms with van der Waals surface area (Å²) in [6.07, 6.45) is 3.62. The van der Waals surface area contributed by atoms with Gasteiger partial charge < -0.3 is 4.42 Å². The van der Waals surface area contributed by atoms with Crippen molar-refractivity contribution in [3.63, 3.8) is 0 Å². The molecule has 0 heterocycles. The van der Waals surface area contributed by atoms with Gasteiger partial charge in [0, 0.05) is 6.92 Å². The second kappa shape index (κ2) is 4.67. The van der Waals surface area contributed by atoms with Gasteiger partial charge in [-0.1, -0.05) is 42.3 Å². The predicted molar refractivity (Wildman–Crippen MR) is 46.4 cm³/mol. The maximum atomic E-state index is 4.99. The van der Waals surface area contributed by atoms with E-state index >= 15 is 0 Å². The Morgan fingerprint density at radius 2 is 2.00 bits per heavy atom. The van der Waals surface area contributed by atoms with Crippen molar-refractivity contribution in [2.45, 2.75) is 13.3 Å². The van der Waals surface area contributed by atoms with E-state index in [9.17, 15) is 0 Å². The van der Waals surface area contributed by atoms with Crippen LogP contribution in [0.4, 0.5) is 0 Å². The average Bonchev–Trinajstić information content (AvgIpc) is 2.07. The van der Waals surface area contributed by atoms with Crippen LogP contribution in [0.3, 0.4) is 0 Å². The molecule has 0 aromatic heterocycles. The Morgan fingerprint density at radius 3 is 2.64 bits per heavy atom. The number of hydrogen-bond acceptors (Lipinski definition) is 0. The van der Waals surface area contributed by atoms with Gasteiger partial charge in [0.15, 0.2) is 0 Å². The van der Waals surface area contributed by atoms with Crippen LogP contribution in [0.2, 0.25) is 0 Å². The summed E-state index contributed by atoms with van der Waals surface area (Å²) < 4.78 is 4.99. The number of rotatable bonds is 3. The Balaban J connectivity index is 2.45. The minimum Gasteiger partial charge on any atom is -0.457 e. The molecule has 1 aromatic rings. The van der Waals surface area contributed by atoms with E-state index in [-0.39, 0.29) is 0 Å². The SMILES string of the molecule is CC[O+]=[C-]Cc1ccccc1. The third-order valence-electron chi connectivity index (χ3n) is 1.37. The van der Waals surface area contributed by atoms with Gasteiger partial charge in [-0.15, -0.1) is 0 Å². The lowest BCUT2D eigenvalue weighted by molar-refractivity contribution is 0.121. The largest absolute Gasteiger partial charge is 0.457 e. The van der Waals surface area contributed by atoms with Crippen LogP contribution < -0.4 is 0 Å². The molecule has 0 amide bonds. The molecule has 0 saturated heterocycles. The Bertz CT molecular complexity index is 214. The summed E-state index contributed by atoms with van der Waals surface area (Å²) in [6.45, 7) is 2.66. The highest BCUT2D eigenvalue weighted by atomic mass is 16.4. The minimum absolute atomic E-state index is 0.701. The van der Waals surface area contributed by atoms with Gasteiger partial charge in [0.05, 0.1) is 0 Å². The van der Waals surface area contributed by atoms with E-state index in [1.807, 2.05) is 25.1 Å². The normalized spacial score (nSPS) is 10.6. The van der Waals surface area contributed by atoms with E-state index in [4.69, 9.17) is 4.42 Å². The zero-order valence-electron chi connectivity index (χ0n) is 6.71. The van der Waals surface area contributed by atoms with Gasteiger partial charge in [0.1, 0.15) is 0 Å². The molecule has 0 atom stereocenters. The molecule has 0 unspecified atom stereocenters. The van der Waals surface area contributed by atoms with Crippen LogP contribution in [-0.4, -0.2) is 12.9 Å². The Labute approximate surface area is 67.4 Å². The molecule has 0 aliphatic carbocycles. The van der Waals surface area contributed by atoms with Gasteiger partial charge in [-0.05, 0) is 6.29 Å². The number of hydrogen-bond donors (Lipinski definition) is 0. The molecule has 58 valence electrons. The monoisotopic (exact) mass is 148 g/mol. The topological polar surface area (TPSA) is 11.3 Å². The fourth-order valence-electron chi connectivity index (χ4n) is 0.832. The van der Waals surface area contributed by atoms with E-state index < -0.39 is 0 Å². The van der Waals surface area contributed by atoms with Gasteiger partial charge in [0.25, 0.3) is 0 Å². The van der Waals surface area contributed by atoms with Crippen molar-refractivity contribution >= 4 is 6.29 Å². The van der Waals surface area contributed by atoms with E-state index in [2.05, 4.69) is 18.4 Å². The summed E-state index contributed by atoms with van der Waals surface area (Å²) in [5.41, 5.74) is 1.24. The fraction of sp³-hybridized carbons (Fsp3) is 0.300. The molecule has 0 aliphatic heterocycles. The molecular weight excluding hydrogens is 136 g/mol. The molecule has 1 aromatic carbocycles. The van der Waals surface area contributed by atoms with Crippen LogP contribution in [0, 0.1) is 0 Å². The maximum absolute atomic E-state index is 4.99. The van der Waals surface area contributed by atoms with Crippen molar-refractivity contribution in [3.8, 4) is 0 Å². The average molecular weight is 148 g/mol. The van der Waals surface area contributed by atoms with E-state index in [0.29, 0.717) is 6.61 Å². The molecule has 0 fully saturated rings. The quantitative estimate of drug-likeness (QED) is 0.458. The van der Waals surface area contributed by atoms with Crippen LogP contribution >= 0.6 is 0 Å². The third-order valence-corrected chi connectivity index (χ3v) is 1.37. The Morgan fingerprint density at radius 1 is 1.27 bits per heavy atom. The summed E-state index contributed by atoms with van der Waals surface area (Å²) in [6, 6.07) is 10.2. The second-order valence-corrected chi connectivity index (χ2v) is 2.24. The second-order valence-electron chi connectivity index (χ2n) is 2.24. The zero-order chi connectivity index (χ0) is 7.94. The highest BCUT2D eigenvalue weighted by molar-refractivity contribution is 5.56. The molecule has 0 bridgehead atoms. The van der Waals surface area contributed by atoms with Crippen LogP contribution in [0.1, 0.15) is 12.5 Å². The lowest BCUT2D eigenvalue weighted by Crippen LogP contribution is -1.87. The molecule has 0 saturated carbocycles. The smallest absolute Gasteiger partial charge is 0.215 e. The molecule has 0 radical (unpaired) electrons. The number of carbonyl (C=O) groups excluding carboxylic acids is 1. The highest BCUT2D eigenvalue weighted by Gasteiger charge is 1.81. The van der Waals surface area contributed by atoms with E-state index in [0.717, 1.165) is 6.42 Å². The fourth-order valence-corrected chi connectivity index (χ4v) is 0.832. The summed E-state index contributed by atoms with van der Waals surface area (Å²) in [5.74, 6) is 0. The Hall–Kier alpha value is -1.11. The van der Waals surface area contributed by atoms with E-state index in [1.54, 1.807) is 0 Å². The van der Waals surface area contributed by atoms with Gasteiger partial charge in [-0.2, -0.15) is 0 Å². The van der Waals surface area contributed by atoms with Crippen LogP contribution in [0.25, 0.3) is 0 Å². The van der Waals surface area contributed by atoms with Crippen molar-refractivity contribution in [2.75, 3.05) is 6.61 Å². The first-order valence-corrected chi connectivity index (χ1v) is 3.82. The first-order chi connectivity index (χ1) is 5.43. The molecule has 1 heteroatoms. The molecule has 0 spiro atoms. The van der Waals surface area contributed by atoms with Crippen molar-refractivity contribution in [3.05, 3.63) is 35.9 Å². The lowest BCUT2D eigenvalue weighted by Gasteiger charge is -1.95. The van der Waals surface area contributed by atoms with Crippen molar-refractivity contribution in [2.24, 2.45) is 0 Å². The summed E-state index contributed by atoms with van der Waals surface area (Å²) in [7, 11) is 0. The molecule has 1 nitrogen and oxygen atoms in total. The molecule has 0 N–H and O–H groups in total. The highest BCUT2D eigenvalue weighted by Crippen LogP contribution is 1.96. The summed E-state index contributed by atoms with van der Waals surface area (Å²) in [4.78, 5) is 0. The van der Waals surface area contributed by atoms with Crippen LogP contribution in [0.15, 0.2) is 30.3 Å². The first-order valence-electron chi connectivity index (χ1n) is 3.82. The van der Waals surface area contributed by atoms with Crippen molar-refractivity contribution in [1.82, 2.24) is 0 Å². The molecule has 1 rings (SSSR count). The maximum Gasteiger partial charge on any atom is 0.215 e. The van der Waals surface area contributed by atoms with Crippen LogP contribution in [0.5, 0.6) is 0 Å². The zero-order valence-corrected chi connectivity index (χ0v) is 6.71. The van der Waals surface area contributed by atoms with Gasteiger partial charge in [-0.25, -0.2) is 0 Å². The summed E-state index contributed by atoms with van der Waals surface area (Å²) >= 11 is 0. The minimum atomic E-state index is 0.701. The predicted octanol–water partition coefficient (Wildman–Crippen LogP) is 1.89. The van der Waals surface area contributed by atoms with Crippen molar-refractivity contribution in [1.29, 1.82) is 0 Å². The molecule has 0 aliphatic rings. The summed E-state index contributed by atoms with van der Waals surface area (Å²) in [5, 5.41) is 0.